The molecule has 2 aromatic rings. The molecule has 0 saturated carbocycles. The number of rotatable bonds is 7. The van der Waals surface area contributed by atoms with Crippen molar-refractivity contribution in [3.8, 4) is 5.69 Å². The predicted molar refractivity (Wildman–Crippen MR) is 97.6 cm³/mol. The Bertz CT molecular complexity index is 892. The zero-order valence-corrected chi connectivity index (χ0v) is 15.8. The van der Waals surface area contributed by atoms with Crippen LogP contribution >= 0.6 is 0 Å². The van der Waals surface area contributed by atoms with E-state index in [1.807, 2.05) is 13.8 Å². The minimum atomic E-state index is -4.51. The highest BCUT2D eigenvalue weighted by molar-refractivity contribution is 5.92. The number of amides is 1. The Balaban J connectivity index is 2.23. The van der Waals surface area contributed by atoms with Crippen LogP contribution in [0.3, 0.4) is 0 Å². The van der Waals surface area contributed by atoms with Gasteiger partial charge in [-0.2, -0.15) is 18.3 Å². The first-order valence-electron chi connectivity index (χ1n) is 8.78. The summed E-state index contributed by atoms with van der Waals surface area (Å²) in [6, 6.07) is 5.68. The molecule has 0 atom stereocenters. The van der Waals surface area contributed by atoms with E-state index in [1.165, 1.54) is 25.1 Å². The maximum absolute atomic E-state index is 13.0. The number of alkyl halides is 3. The molecule has 9 heteroatoms. The molecule has 0 aliphatic heterocycles. The fourth-order valence-electron chi connectivity index (χ4n) is 2.46. The Morgan fingerprint density at radius 1 is 1.29 bits per heavy atom. The smallest absolute Gasteiger partial charge is 0.379 e. The topological polar surface area (TPSA) is 73.2 Å². The predicted octanol–water partition coefficient (Wildman–Crippen LogP) is 3.10. The summed E-state index contributed by atoms with van der Waals surface area (Å²) in [5.41, 5.74) is -1.41. The average Bonchev–Trinajstić information content (AvgIpc) is 2.60. The number of aryl methyl sites for hydroxylation is 1. The second kappa shape index (κ2) is 9.01. The molecule has 1 aromatic carbocycles. The molecule has 152 valence electrons. The fraction of sp³-hybridized carbons (Fsp3) is 0.421. The summed E-state index contributed by atoms with van der Waals surface area (Å²) < 4.78 is 45.4. The molecule has 1 aromatic heterocycles. The summed E-state index contributed by atoms with van der Waals surface area (Å²) in [6.45, 7) is 6.05. The first kappa shape index (κ1) is 21.6. The van der Waals surface area contributed by atoms with Gasteiger partial charge in [-0.3, -0.25) is 9.59 Å². The van der Waals surface area contributed by atoms with E-state index in [-0.39, 0.29) is 24.0 Å². The van der Waals surface area contributed by atoms with Gasteiger partial charge in [0.15, 0.2) is 5.69 Å². The molecule has 0 bridgehead atoms. The molecule has 0 unspecified atom stereocenters. The SMILES string of the molecule is Cc1cc(=O)c(C(=O)NCCCOC(C)C)nn1-c1cccc(C(F)(F)F)c1. The summed E-state index contributed by atoms with van der Waals surface area (Å²) >= 11 is 0. The molecular formula is C19H22F3N3O3. The largest absolute Gasteiger partial charge is 0.416 e. The first-order chi connectivity index (χ1) is 13.1. The molecule has 1 amide bonds. The summed E-state index contributed by atoms with van der Waals surface area (Å²) in [4.78, 5) is 24.4. The molecule has 0 aliphatic carbocycles. The number of nitrogens with zero attached hydrogens (tertiary/aromatic N) is 2. The second-order valence-electron chi connectivity index (χ2n) is 6.49. The lowest BCUT2D eigenvalue weighted by Gasteiger charge is -2.13. The zero-order valence-electron chi connectivity index (χ0n) is 15.8. The van der Waals surface area contributed by atoms with Gasteiger partial charge in [0.25, 0.3) is 5.91 Å². The van der Waals surface area contributed by atoms with Crippen LogP contribution in [0.25, 0.3) is 5.69 Å². The van der Waals surface area contributed by atoms with Crippen LogP contribution < -0.4 is 10.7 Å². The van der Waals surface area contributed by atoms with E-state index in [2.05, 4.69) is 10.4 Å². The molecule has 0 fully saturated rings. The van der Waals surface area contributed by atoms with Crippen LogP contribution in [-0.2, 0) is 10.9 Å². The minimum Gasteiger partial charge on any atom is -0.379 e. The van der Waals surface area contributed by atoms with Crippen molar-refractivity contribution in [1.29, 1.82) is 0 Å². The van der Waals surface area contributed by atoms with Crippen LogP contribution in [0.5, 0.6) is 0 Å². The Hall–Kier alpha value is -2.68. The van der Waals surface area contributed by atoms with E-state index in [1.54, 1.807) is 0 Å². The lowest BCUT2D eigenvalue weighted by atomic mass is 10.2. The number of ether oxygens (including phenoxy) is 1. The van der Waals surface area contributed by atoms with Crippen molar-refractivity contribution in [3.63, 3.8) is 0 Å². The van der Waals surface area contributed by atoms with E-state index >= 15 is 0 Å². The van der Waals surface area contributed by atoms with Gasteiger partial charge in [-0.05, 0) is 45.4 Å². The monoisotopic (exact) mass is 397 g/mol. The number of hydrogen-bond acceptors (Lipinski definition) is 4. The number of carbonyl (C=O) groups is 1. The maximum atomic E-state index is 13.0. The number of aromatic nitrogens is 2. The van der Waals surface area contributed by atoms with Crippen molar-refractivity contribution >= 4 is 5.91 Å². The third-order valence-corrected chi connectivity index (χ3v) is 3.80. The van der Waals surface area contributed by atoms with E-state index in [4.69, 9.17) is 4.74 Å². The first-order valence-corrected chi connectivity index (χ1v) is 8.78. The number of halogens is 3. The standard InChI is InChI=1S/C19H22F3N3O3/c1-12(2)28-9-5-8-23-18(27)17-16(26)10-13(3)25(24-17)15-7-4-6-14(11-15)19(20,21)22/h4,6-7,10-12H,5,8-9H2,1-3H3,(H,23,27). The van der Waals surface area contributed by atoms with Gasteiger partial charge in [-0.15, -0.1) is 0 Å². The Kier molecular flexibility index (Phi) is 6.95. The Morgan fingerprint density at radius 2 is 2.00 bits per heavy atom. The second-order valence-corrected chi connectivity index (χ2v) is 6.49. The summed E-state index contributed by atoms with van der Waals surface area (Å²) in [5.74, 6) is -0.685. The van der Waals surface area contributed by atoms with Gasteiger partial charge in [0.2, 0.25) is 5.43 Å². The maximum Gasteiger partial charge on any atom is 0.416 e. The molecule has 6 nitrogen and oxygen atoms in total. The molecular weight excluding hydrogens is 375 g/mol. The van der Waals surface area contributed by atoms with Gasteiger partial charge in [0.1, 0.15) is 0 Å². The van der Waals surface area contributed by atoms with Crippen LogP contribution in [0.1, 0.15) is 42.0 Å². The van der Waals surface area contributed by atoms with Crippen LogP contribution in [-0.4, -0.2) is 34.9 Å². The quantitative estimate of drug-likeness (QED) is 0.729. The van der Waals surface area contributed by atoms with Gasteiger partial charge in [0, 0.05) is 24.9 Å². The molecule has 2 rings (SSSR count). The lowest BCUT2D eigenvalue weighted by molar-refractivity contribution is -0.137. The summed E-state index contributed by atoms with van der Waals surface area (Å²) in [5, 5.41) is 6.56. The van der Waals surface area contributed by atoms with Crippen LogP contribution in [0.2, 0.25) is 0 Å². The minimum absolute atomic E-state index is 0.0779. The normalized spacial score (nSPS) is 11.7. The van der Waals surface area contributed by atoms with Crippen LogP contribution in [0.4, 0.5) is 13.2 Å². The molecule has 0 spiro atoms. The van der Waals surface area contributed by atoms with Crippen molar-refractivity contribution < 1.29 is 22.7 Å². The zero-order chi connectivity index (χ0) is 20.9. The fourth-order valence-corrected chi connectivity index (χ4v) is 2.46. The van der Waals surface area contributed by atoms with Crippen molar-refractivity contribution in [3.05, 3.63) is 57.5 Å². The highest BCUT2D eigenvalue weighted by Crippen LogP contribution is 2.30. The molecule has 0 saturated heterocycles. The van der Waals surface area contributed by atoms with E-state index in [9.17, 15) is 22.8 Å². The van der Waals surface area contributed by atoms with E-state index in [0.29, 0.717) is 18.7 Å². The van der Waals surface area contributed by atoms with Gasteiger partial charge in [-0.25, -0.2) is 4.68 Å². The Morgan fingerprint density at radius 3 is 2.64 bits per heavy atom. The third-order valence-electron chi connectivity index (χ3n) is 3.80. The third kappa shape index (κ3) is 5.66. The van der Waals surface area contributed by atoms with Gasteiger partial charge in [0.05, 0.1) is 17.4 Å². The van der Waals surface area contributed by atoms with E-state index < -0.39 is 23.1 Å². The Labute approximate surface area is 160 Å². The average molecular weight is 397 g/mol. The molecule has 28 heavy (non-hydrogen) atoms. The van der Waals surface area contributed by atoms with Crippen LogP contribution in [0.15, 0.2) is 35.1 Å². The van der Waals surface area contributed by atoms with E-state index in [0.717, 1.165) is 16.8 Å². The summed E-state index contributed by atoms with van der Waals surface area (Å²) in [6.07, 6.45) is -3.88. The molecule has 1 N–H and O–H groups in total. The van der Waals surface area contributed by atoms with Crippen molar-refractivity contribution in [1.82, 2.24) is 15.1 Å². The number of nitrogens with one attached hydrogen (secondary N) is 1. The molecule has 0 aliphatic rings. The van der Waals surface area contributed by atoms with Crippen molar-refractivity contribution in [2.24, 2.45) is 0 Å². The lowest BCUT2D eigenvalue weighted by Crippen LogP contribution is -2.33. The molecule has 1 heterocycles. The van der Waals surface area contributed by atoms with Crippen molar-refractivity contribution in [2.45, 2.75) is 39.5 Å². The molecule has 0 radical (unpaired) electrons. The highest BCUT2D eigenvalue weighted by Gasteiger charge is 2.30. The van der Waals surface area contributed by atoms with Crippen LogP contribution in [0, 0.1) is 6.92 Å². The van der Waals surface area contributed by atoms with Gasteiger partial charge >= 0.3 is 6.18 Å². The number of benzene rings is 1. The van der Waals surface area contributed by atoms with Gasteiger partial charge in [-0.1, -0.05) is 6.07 Å². The van der Waals surface area contributed by atoms with Crippen molar-refractivity contribution in [2.75, 3.05) is 13.2 Å². The number of carbonyl (C=O) groups excluding carboxylic acids is 1. The van der Waals surface area contributed by atoms with Gasteiger partial charge < -0.3 is 10.1 Å². The highest BCUT2D eigenvalue weighted by atomic mass is 19.4. The number of hydrogen-bond donors (Lipinski definition) is 1. The summed E-state index contributed by atoms with van der Waals surface area (Å²) in [7, 11) is 0.